The van der Waals surface area contributed by atoms with Gasteiger partial charge in [0.1, 0.15) is 5.69 Å². The molecule has 4 rings (SSSR count). The molecule has 1 amide bonds. The predicted molar refractivity (Wildman–Crippen MR) is 80.7 cm³/mol. The molecule has 3 heterocycles. The first-order chi connectivity index (χ1) is 10.7. The number of likely N-dealkylation sites (tertiary alicyclic amines) is 1. The summed E-state index contributed by atoms with van der Waals surface area (Å²) in [6.45, 7) is 2.63. The van der Waals surface area contributed by atoms with Crippen molar-refractivity contribution < 1.29 is 14.3 Å². The fourth-order valence-electron chi connectivity index (χ4n) is 3.07. The molecule has 1 saturated carbocycles. The number of piperidine rings is 1. The Kier molecular flexibility index (Phi) is 3.50. The van der Waals surface area contributed by atoms with E-state index in [1.54, 1.807) is 12.3 Å². The van der Waals surface area contributed by atoms with Gasteiger partial charge in [0.05, 0.1) is 25.1 Å². The minimum Gasteiger partial charge on any atom is -0.381 e. The Labute approximate surface area is 129 Å². The molecule has 22 heavy (non-hydrogen) atoms. The molecule has 0 atom stereocenters. The van der Waals surface area contributed by atoms with Crippen LogP contribution in [0.1, 0.15) is 36.2 Å². The molecular formula is C16H21N3O3. The highest BCUT2D eigenvalue weighted by atomic mass is 16.7. The van der Waals surface area contributed by atoms with E-state index in [0.29, 0.717) is 38.0 Å². The fourth-order valence-corrected chi connectivity index (χ4v) is 3.07. The number of amides is 1. The van der Waals surface area contributed by atoms with Gasteiger partial charge in [0, 0.05) is 32.0 Å². The fraction of sp³-hybridized carbons (Fsp3) is 0.625. The van der Waals surface area contributed by atoms with E-state index in [1.165, 1.54) is 12.8 Å². The van der Waals surface area contributed by atoms with Crippen LogP contribution in [-0.2, 0) is 9.47 Å². The lowest BCUT2D eigenvalue weighted by Crippen LogP contribution is -2.47. The predicted octanol–water partition coefficient (Wildman–Crippen LogP) is 1.63. The quantitative estimate of drug-likeness (QED) is 0.919. The van der Waals surface area contributed by atoms with E-state index in [4.69, 9.17) is 9.47 Å². The Bertz CT molecular complexity index is 540. The maximum atomic E-state index is 12.5. The number of rotatable bonds is 3. The van der Waals surface area contributed by atoms with Crippen LogP contribution in [0.15, 0.2) is 18.3 Å². The highest BCUT2D eigenvalue weighted by Gasteiger charge is 2.41. The van der Waals surface area contributed by atoms with Crippen LogP contribution in [0, 0.1) is 0 Å². The Morgan fingerprint density at radius 1 is 1.23 bits per heavy atom. The lowest BCUT2D eigenvalue weighted by atomic mass is 10.0. The average Bonchev–Trinajstić information content (AvgIpc) is 3.26. The van der Waals surface area contributed by atoms with Gasteiger partial charge < -0.3 is 19.7 Å². The van der Waals surface area contributed by atoms with Gasteiger partial charge in [-0.25, -0.2) is 4.98 Å². The van der Waals surface area contributed by atoms with E-state index in [9.17, 15) is 4.79 Å². The Morgan fingerprint density at radius 3 is 2.55 bits per heavy atom. The van der Waals surface area contributed by atoms with Crippen LogP contribution < -0.4 is 5.32 Å². The Morgan fingerprint density at radius 2 is 1.95 bits per heavy atom. The van der Waals surface area contributed by atoms with E-state index in [0.717, 1.165) is 18.5 Å². The summed E-state index contributed by atoms with van der Waals surface area (Å²) in [5.74, 6) is -0.451. The van der Waals surface area contributed by atoms with E-state index < -0.39 is 5.79 Å². The number of hydrogen-bond donors (Lipinski definition) is 1. The molecule has 1 aromatic rings. The SMILES string of the molecule is O=C(c1ccc(NC2CC2)cn1)N1CCC2(CC1)OCCO2. The van der Waals surface area contributed by atoms with Gasteiger partial charge in [-0.2, -0.15) is 0 Å². The molecule has 0 bridgehead atoms. The maximum absolute atomic E-state index is 12.5. The third-order valence-electron chi connectivity index (χ3n) is 4.56. The zero-order valence-electron chi connectivity index (χ0n) is 12.6. The number of carbonyl (C=O) groups excluding carboxylic acids is 1. The zero-order valence-corrected chi connectivity index (χ0v) is 12.6. The van der Waals surface area contributed by atoms with Crippen LogP contribution in [0.4, 0.5) is 5.69 Å². The number of nitrogens with one attached hydrogen (secondary N) is 1. The molecule has 1 spiro atoms. The van der Waals surface area contributed by atoms with Crippen molar-refractivity contribution in [3.05, 3.63) is 24.0 Å². The molecule has 0 aromatic carbocycles. The smallest absolute Gasteiger partial charge is 0.272 e. The van der Waals surface area contributed by atoms with Crippen molar-refractivity contribution in [2.24, 2.45) is 0 Å². The molecule has 6 heteroatoms. The van der Waals surface area contributed by atoms with Gasteiger partial charge in [0.15, 0.2) is 5.79 Å². The lowest BCUT2D eigenvalue weighted by Gasteiger charge is -2.37. The highest BCUT2D eigenvalue weighted by molar-refractivity contribution is 5.92. The summed E-state index contributed by atoms with van der Waals surface area (Å²) in [6, 6.07) is 4.33. The van der Waals surface area contributed by atoms with E-state index in [1.807, 2.05) is 11.0 Å². The molecule has 1 aromatic heterocycles. The largest absolute Gasteiger partial charge is 0.381 e. The summed E-state index contributed by atoms with van der Waals surface area (Å²) in [4.78, 5) is 18.7. The Hall–Kier alpha value is -1.66. The zero-order chi connectivity index (χ0) is 15.0. The minimum atomic E-state index is -0.442. The summed E-state index contributed by atoms with van der Waals surface area (Å²) in [5, 5.41) is 3.37. The van der Waals surface area contributed by atoms with Gasteiger partial charge in [-0.15, -0.1) is 0 Å². The first-order valence-electron chi connectivity index (χ1n) is 8.04. The van der Waals surface area contributed by atoms with Crippen LogP contribution >= 0.6 is 0 Å². The van der Waals surface area contributed by atoms with Crippen molar-refractivity contribution in [3.63, 3.8) is 0 Å². The second-order valence-corrected chi connectivity index (χ2v) is 6.25. The standard InChI is InChI=1S/C16H21N3O3/c20-15(14-4-3-13(11-17-14)18-12-1-2-12)19-7-5-16(6-8-19)21-9-10-22-16/h3-4,11-12,18H,1-2,5-10H2. The number of nitrogens with zero attached hydrogens (tertiary/aromatic N) is 2. The second kappa shape index (κ2) is 5.52. The van der Waals surface area contributed by atoms with Gasteiger partial charge in [-0.1, -0.05) is 0 Å². The highest BCUT2D eigenvalue weighted by Crippen LogP contribution is 2.31. The molecular weight excluding hydrogens is 282 g/mol. The van der Waals surface area contributed by atoms with Crippen LogP contribution in [0.2, 0.25) is 0 Å². The molecule has 2 saturated heterocycles. The molecule has 0 radical (unpaired) electrons. The summed E-state index contributed by atoms with van der Waals surface area (Å²) in [5.41, 5.74) is 1.50. The van der Waals surface area contributed by atoms with Crippen molar-refractivity contribution >= 4 is 11.6 Å². The maximum Gasteiger partial charge on any atom is 0.272 e. The summed E-state index contributed by atoms with van der Waals surface area (Å²) >= 11 is 0. The Balaban J connectivity index is 1.37. The summed E-state index contributed by atoms with van der Waals surface area (Å²) in [6.07, 6.45) is 5.67. The first-order valence-corrected chi connectivity index (χ1v) is 8.04. The molecule has 2 aliphatic heterocycles. The van der Waals surface area contributed by atoms with Crippen molar-refractivity contribution in [1.82, 2.24) is 9.88 Å². The molecule has 118 valence electrons. The third-order valence-corrected chi connectivity index (χ3v) is 4.56. The molecule has 1 aliphatic carbocycles. The van der Waals surface area contributed by atoms with Gasteiger partial charge >= 0.3 is 0 Å². The number of pyridine rings is 1. The number of hydrogen-bond acceptors (Lipinski definition) is 5. The van der Waals surface area contributed by atoms with Crippen molar-refractivity contribution in [1.29, 1.82) is 0 Å². The summed E-state index contributed by atoms with van der Waals surface area (Å²) < 4.78 is 11.4. The topological polar surface area (TPSA) is 63.7 Å². The van der Waals surface area contributed by atoms with Gasteiger partial charge in [0.25, 0.3) is 5.91 Å². The van der Waals surface area contributed by atoms with Crippen LogP contribution in [0.3, 0.4) is 0 Å². The normalized spacial score (nSPS) is 23.7. The van der Waals surface area contributed by atoms with Gasteiger partial charge in [-0.3, -0.25) is 4.79 Å². The van der Waals surface area contributed by atoms with Crippen LogP contribution in [0.5, 0.6) is 0 Å². The van der Waals surface area contributed by atoms with Crippen LogP contribution in [0.25, 0.3) is 0 Å². The first kappa shape index (κ1) is 14.0. The molecule has 6 nitrogen and oxygen atoms in total. The molecule has 3 fully saturated rings. The lowest BCUT2D eigenvalue weighted by molar-refractivity contribution is -0.181. The van der Waals surface area contributed by atoms with Crippen molar-refractivity contribution in [2.45, 2.75) is 37.5 Å². The second-order valence-electron chi connectivity index (χ2n) is 6.25. The monoisotopic (exact) mass is 303 g/mol. The minimum absolute atomic E-state index is 0.00850. The summed E-state index contributed by atoms with van der Waals surface area (Å²) in [7, 11) is 0. The molecule has 3 aliphatic rings. The average molecular weight is 303 g/mol. The van der Waals surface area contributed by atoms with E-state index >= 15 is 0 Å². The van der Waals surface area contributed by atoms with E-state index in [2.05, 4.69) is 10.3 Å². The van der Waals surface area contributed by atoms with E-state index in [-0.39, 0.29) is 5.91 Å². The van der Waals surface area contributed by atoms with Gasteiger partial charge in [-0.05, 0) is 25.0 Å². The van der Waals surface area contributed by atoms with Crippen LogP contribution in [-0.4, -0.2) is 53.9 Å². The molecule has 0 unspecified atom stereocenters. The number of anilines is 1. The van der Waals surface area contributed by atoms with Crippen molar-refractivity contribution in [3.8, 4) is 0 Å². The third kappa shape index (κ3) is 2.80. The number of aromatic nitrogens is 1. The number of ether oxygens (including phenoxy) is 2. The van der Waals surface area contributed by atoms with Crippen molar-refractivity contribution in [2.75, 3.05) is 31.6 Å². The van der Waals surface area contributed by atoms with Gasteiger partial charge in [0.2, 0.25) is 0 Å². The molecule has 1 N–H and O–H groups in total. The number of carbonyl (C=O) groups is 1.